The molecule has 6 heteroatoms. The number of carbonyl (C=O) groups is 1. The monoisotopic (exact) mass is 414 g/mol. The summed E-state index contributed by atoms with van der Waals surface area (Å²) in [5, 5.41) is 6.61. The third-order valence-corrected chi connectivity index (χ3v) is 4.77. The summed E-state index contributed by atoms with van der Waals surface area (Å²) in [6, 6.07) is 22.3. The Morgan fingerprint density at radius 3 is 2.23 bits per heavy atom. The molecule has 0 aliphatic rings. The maximum absolute atomic E-state index is 12.5. The van der Waals surface area contributed by atoms with Gasteiger partial charge < -0.3 is 10.6 Å². The normalized spacial score (nSPS) is 10.5. The first-order valence-electron chi connectivity index (χ1n) is 9.40. The molecule has 1 heterocycles. The average Bonchev–Trinajstić information content (AvgIpc) is 2.77. The van der Waals surface area contributed by atoms with Crippen LogP contribution in [0.3, 0.4) is 0 Å². The minimum absolute atomic E-state index is 0.211. The molecule has 0 bridgehead atoms. The molecular weight excluding hydrogens is 396 g/mol. The highest BCUT2D eigenvalue weighted by Gasteiger charge is 2.08. The summed E-state index contributed by atoms with van der Waals surface area (Å²) in [5.41, 5.74) is 5.13. The summed E-state index contributed by atoms with van der Waals surface area (Å²) in [6.45, 7) is 2.05. The standard InChI is InChI=1S/C24H19ClN4O/c1-16-5-7-17(8-6-16)19-14-26-24(27-15-19)29-22-4-2-3-18(13-22)23(30)28-21-11-9-20(25)10-12-21/h2-15H,1H3,(H,28,30)(H,26,27,29). The maximum atomic E-state index is 12.5. The Labute approximate surface area is 179 Å². The fourth-order valence-corrected chi connectivity index (χ4v) is 3.02. The van der Waals surface area contributed by atoms with Gasteiger partial charge in [0.05, 0.1) is 0 Å². The van der Waals surface area contributed by atoms with Crippen molar-refractivity contribution in [2.24, 2.45) is 0 Å². The molecule has 0 saturated carbocycles. The highest BCUT2D eigenvalue weighted by atomic mass is 35.5. The van der Waals surface area contributed by atoms with Gasteiger partial charge in [-0.1, -0.05) is 47.5 Å². The number of hydrogen-bond donors (Lipinski definition) is 2. The van der Waals surface area contributed by atoms with Gasteiger partial charge in [-0.25, -0.2) is 9.97 Å². The molecule has 1 aromatic heterocycles. The highest BCUT2D eigenvalue weighted by Crippen LogP contribution is 2.21. The van der Waals surface area contributed by atoms with Gasteiger partial charge in [0.1, 0.15) is 0 Å². The van der Waals surface area contributed by atoms with E-state index in [1.54, 1.807) is 54.9 Å². The lowest BCUT2D eigenvalue weighted by Crippen LogP contribution is -2.12. The number of aromatic nitrogens is 2. The summed E-state index contributed by atoms with van der Waals surface area (Å²) in [7, 11) is 0. The number of aryl methyl sites for hydroxylation is 1. The van der Waals surface area contributed by atoms with Crippen LogP contribution >= 0.6 is 11.6 Å². The molecule has 5 nitrogen and oxygen atoms in total. The molecule has 4 rings (SSSR count). The highest BCUT2D eigenvalue weighted by molar-refractivity contribution is 6.30. The van der Waals surface area contributed by atoms with Crippen LogP contribution in [-0.2, 0) is 0 Å². The zero-order valence-corrected chi connectivity index (χ0v) is 17.0. The van der Waals surface area contributed by atoms with E-state index in [1.165, 1.54) is 5.56 Å². The van der Waals surface area contributed by atoms with Crippen LogP contribution in [0.15, 0.2) is 85.2 Å². The van der Waals surface area contributed by atoms with E-state index in [1.807, 2.05) is 18.2 Å². The summed E-state index contributed by atoms with van der Waals surface area (Å²) >= 11 is 5.88. The van der Waals surface area contributed by atoms with E-state index >= 15 is 0 Å². The Morgan fingerprint density at radius 1 is 0.833 bits per heavy atom. The molecule has 0 fully saturated rings. The molecule has 0 radical (unpaired) electrons. The molecule has 0 atom stereocenters. The van der Waals surface area contributed by atoms with Gasteiger partial charge in [-0.2, -0.15) is 0 Å². The molecule has 3 aromatic carbocycles. The molecule has 0 aliphatic heterocycles. The fraction of sp³-hybridized carbons (Fsp3) is 0.0417. The third-order valence-electron chi connectivity index (χ3n) is 4.52. The van der Waals surface area contributed by atoms with Crippen LogP contribution < -0.4 is 10.6 Å². The minimum Gasteiger partial charge on any atom is -0.324 e. The molecular formula is C24H19ClN4O. The van der Waals surface area contributed by atoms with Gasteiger partial charge in [-0.05, 0) is 55.0 Å². The number of rotatable bonds is 5. The van der Waals surface area contributed by atoms with E-state index < -0.39 is 0 Å². The molecule has 2 N–H and O–H groups in total. The van der Waals surface area contributed by atoms with E-state index in [0.29, 0.717) is 22.2 Å². The van der Waals surface area contributed by atoms with Crippen LogP contribution in [0.5, 0.6) is 0 Å². The van der Waals surface area contributed by atoms with Crippen molar-refractivity contribution in [2.45, 2.75) is 6.92 Å². The Bertz CT molecular complexity index is 1160. The zero-order valence-electron chi connectivity index (χ0n) is 16.3. The number of nitrogens with one attached hydrogen (secondary N) is 2. The second-order valence-corrected chi connectivity index (χ2v) is 7.26. The molecule has 0 saturated heterocycles. The van der Waals surface area contributed by atoms with Gasteiger partial charge >= 0.3 is 0 Å². The van der Waals surface area contributed by atoms with Crippen molar-refractivity contribution in [3.63, 3.8) is 0 Å². The summed E-state index contributed by atoms with van der Waals surface area (Å²) in [4.78, 5) is 21.3. The number of halogens is 1. The zero-order chi connectivity index (χ0) is 20.9. The summed E-state index contributed by atoms with van der Waals surface area (Å²) in [5.74, 6) is 0.248. The van der Waals surface area contributed by atoms with Crippen LogP contribution in [0.1, 0.15) is 15.9 Å². The van der Waals surface area contributed by atoms with Crippen LogP contribution in [0.2, 0.25) is 5.02 Å². The predicted molar refractivity (Wildman–Crippen MR) is 121 cm³/mol. The van der Waals surface area contributed by atoms with Crippen molar-refractivity contribution < 1.29 is 4.79 Å². The largest absolute Gasteiger partial charge is 0.324 e. The van der Waals surface area contributed by atoms with Crippen molar-refractivity contribution in [3.8, 4) is 11.1 Å². The number of benzene rings is 3. The first-order chi connectivity index (χ1) is 14.6. The lowest BCUT2D eigenvalue weighted by molar-refractivity contribution is 0.102. The number of amides is 1. The Balaban J connectivity index is 1.45. The van der Waals surface area contributed by atoms with Crippen LogP contribution in [0.25, 0.3) is 11.1 Å². The van der Waals surface area contributed by atoms with Crippen LogP contribution in [0.4, 0.5) is 17.3 Å². The van der Waals surface area contributed by atoms with Crippen molar-refractivity contribution in [3.05, 3.63) is 101 Å². The smallest absolute Gasteiger partial charge is 0.255 e. The van der Waals surface area contributed by atoms with Gasteiger partial charge in [-0.3, -0.25) is 4.79 Å². The van der Waals surface area contributed by atoms with Gasteiger partial charge in [0.2, 0.25) is 5.95 Å². The average molecular weight is 415 g/mol. The molecule has 30 heavy (non-hydrogen) atoms. The van der Waals surface area contributed by atoms with E-state index in [0.717, 1.165) is 16.8 Å². The number of hydrogen-bond acceptors (Lipinski definition) is 4. The number of anilines is 3. The fourth-order valence-electron chi connectivity index (χ4n) is 2.89. The van der Waals surface area contributed by atoms with E-state index in [2.05, 4.69) is 39.7 Å². The first kappa shape index (κ1) is 19.6. The molecule has 1 amide bonds. The van der Waals surface area contributed by atoms with Gasteiger partial charge in [0, 0.05) is 39.9 Å². The number of nitrogens with zero attached hydrogens (tertiary/aromatic N) is 2. The van der Waals surface area contributed by atoms with Crippen molar-refractivity contribution in [1.29, 1.82) is 0 Å². The topological polar surface area (TPSA) is 66.9 Å². The Hall–Kier alpha value is -3.70. The second kappa shape index (κ2) is 8.76. The van der Waals surface area contributed by atoms with Crippen molar-refractivity contribution >= 4 is 34.8 Å². The SMILES string of the molecule is Cc1ccc(-c2cnc(Nc3cccc(C(=O)Nc4ccc(Cl)cc4)c3)nc2)cc1. The molecule has 0 aliphatic carbocycles. The summed E-state index contributed by atoms with van der Waals surface area (Å²) in [6.07, 6.45) is 3.55. The van der Waals surface area contributed by atoms with E-state index in [-0.39, 0.29) is 5.91 Å². The Kier molecular flexibility index (Phi) is 5.72. The lowest BCUT2D eigenvalue weighted by atomic mass is 10.1. The number of carbonyl (C=O) groups excluding carboxylic acids is 1. The van der Waals surface area contributed by atoms with E-state index in [4.69, 9.17) is 11.6 Å². The van der Waals surface area contributed by atoms with Crippen molar-refractivity contribution in [2.75, 3.05) is 10.6 Å². The lowest BCUT2D eigenvalue weighted by Gasteiger charge is -2.09. The van der Waals surface area contributed by atoms with Gasteiger partial charge in [0.25, 0.3) is 5.91 Å². The van der Waals surface area contributed by atoms with E-state index in [9.17, 15) is 4.79 Å². The Morgan fingerprint density at radius 2 is 1.53 bits per heavy atom. The minimum atomic E-state index is -0.211. The molecule has 148 valence electrons. The van der Waals surface area contributed by atoms with Crippen LogP contribution in [0, 0.1) is 6.92 Å². The van der Waals surface area contributed by atoms with Crippen molar-refractivity contribution in [1.82, 2.24) is 9.97 Å². The maximum Gasteiger partial charge on any atom is 0.255 e. The predicted octanol–water partition coefficient (Wildman–Crippen LogP) is 6.10. The molecule has 0 unspecified atom stereocenters. The van der Waals surface area contributed by atoms with Gasteiger partial charge in [-0.15, -0.1) is 0 Å². The van der Waals surface area contributed by atoms with Crippen LogP contribution in [-0.4, -0.2) is 15.9 Å². The molecule has 4 aromatic rings. The summed E-state index contributed by atoms with van der Waals surface area (Å²) < 4.78 is 0. The first-order valence-corrected chi connectivity index (χ1v) is 9.78. The molecule has 0 spiro atoms. The quantitative estimate of drug-likeness (QED) is 0.414. The van der Waals surface area contributed by atoms with Gasteiger partial charge in [0.15, 0.2) is 0 Å². The third kappa shape index (κ3) is 4.82. The second-order valence-electron chi connectivity index (χ2n) is 6.83.